The molecule has 96 valence electrons. The third kappa shape index (κ3) is 1.57. The summed E-state index contributed by atoms with van der Waals surface area (Å²) >= 11 is 1.79. The molecule has 0 radical (unpaired) electrons. The maximum absolute atomic E-state index is 5.76. The fourth-order valence-electron chi connectivity index (χ4n) is 3.98. The topological polar surface area (TPSA) is 21.6 Å². The van der Waals surface area contributed by atoms with Crippen molar-refractivity contribution in [1.29, 1.82) is 0 Å². The van der Waals surface area contributed by atoms with E-state index in [1.807, 2.05) is 0 Å². The first kappa shape index (κ1) is 11.9. The number of nitrogens with zero attached hydrogens (tertiary/aromatic N) is 1. The van der Waals surface area contributed by atoms with Gasteiger partial charge in [0, 0.05) is 5.75 Å². The van der Waals surface area contributed by atoms with Crippen molar-refractivity contribution in [2.75, 3.05) is 5.75 Å². The number of thioether (sulfide) groups is 1. The lowest BCUT2D eigenvalue weighted by atomic mass is 9.69. The van der Waals surface area contributed by atoms with Crippen LogP contribution in [-0.4, -0.2) is 23.1 Å². The lowest BCUT2D eigenvalue weighted by Gasteiger charge is -2.37. The molecule has 2 aliphatic carbocycles. The van der Waals surface area contributed by atoms with E-state index in [0.29, 0.717) is 23.0 Å². The Kier molecular flexibility index (Phi) is 2.56. The second kappa shape index (κ2) is 3.66. The Labute approximate surface area is 109 Å². The minimum atomic E-state index is 0.346. The van der Waals surface area contributed by atoms with Gasteiger partial charge in [-0.25, -0.2) is 4.99 Å². The quantitative estimate of drug-likeness (QED) is 0.710. The Morgan fingerprint density at radius 3 is 2.59 bits per heavy atom. The lowest BCUT2D eigenvalue weighted by molar-refractivity contribution is 0.135. The van der Waals surface area contributed by atoms with Gasteiger partial charge in [0.15, 0.2) is 0 Å². The molecule has 1 saturated heterocycles. The molecule has 0 aromatic carbocycles. The van der Waals surface area contributed by atoms with Crippen molar-refractivity contribution < 1.29 is 4.74 Å². The highest BCUT2D eigenvalue weighted by atomic mass is 32.2. The maximum Gasteiger partial charge on any atom is 0.246 e. The molecule has 0 amide bonds. The van der Waals surface area contributed by atoms with E-state index in [1.54, 1.807) is 11.8 Å². The molecular weight excluding hydrogens is 230 g/mol. The van der Waals surface area contributed by atoms with Gasteiger partial charge in [0.05, 0.1) is 6.04 Å². The predicted octanol–water partition coefficient (Wildman–Crippen LogP) is 3.71. The number of aliphatic imine (C=N–C) groups is 1. The Morgan fingerprint density at radius 1 is 1.35 bits per heavy atom. The van der Waals surface area contributed by atoms with Crippen molar-refractivity contribution in [3.63, 3.8) is 0 Å². The van der Waals surface area contributed by atoms with E-state index < -0.39 is 0 Å². The SMILES string of the molecule is CC1CSC(=NC2CC3CCC2(C)C3(C)C)O1. The summed E-state index contributed by atoms with van der Waals surface area (Å²) in [6, 6.07) is 0.490. The van der Waals surface area contributed by atoms with Gasteiger partial charge in [0.1, 0.15) is 6.10 Å². The van der Waals surface area contributed by atoms with Crippen LogP contribution in [0.25, 0.3) is 0 Å². The van der Waals surface area contributed by atoms with Gasteiger partial charge in [-0.3, -0.25) is 0 Å². The molecule has 17 heavy (non-hydrogen) atoms. The Hall–Kier alpha value is -0.180. The highest BCUT2D eigenvalue weighted by molar-refractivity contribution is 8.13. The number of ether oxygens (including phenoxy) is 1. The van der Waals surface area contributed by atoms with Gasteiger partial charge in [-0.1, -0.05) is 32.5 Å². The van der Waals surface area contributed by atoms with Gasteiger partial charge in [-0.15, -0.1) is 0 Å². The maximum atomic E-state index is 5.76. The average Bonchev–Trinajstić information content (AvgIpc) is 2.80. The van der Waals surface area contributed by atoms with Crippen LogP contribution in [0, 0.1) is 16.7 Å². The molecular formula is C14H23NOS. The highest BCUT2D eigenvalue weighted by Crippen LogP contribution is 2.66. The van der Waals surface area contributed by atoms with E-state index in [9.17, 15) is 0 Å². The molecule has 1 aliphatic heterocycles. The Morgan fingerprint density at radius 2 is 2.12 bits per heavy atom. The lowest BCUT2D eigenvalue weighted by Crippen LogP contribution is -2.35. The van der Waals surface area contributed by atoms with Crippen LogP contribution in [0.2, 0.25) is 0 Å². The van der Waals surface area contributed by atoms with Crippen molar-refractivity contribution >= 4 is 17.0 Å². The molecule has 0 N–H and O–H groups in total. The van der Waals surface area contributed by atoms with E-state index in [0.717, 1.165) is 16.9 Å². The number of hydrogen-bond donors (Lipinski definition) is 0. The first-order valence-electron chi connectivity index (χ1n) is 6.81. The largest absolute Gasteiger partial charge is 0.469 e. The standard InChI is InChI=1S/C14H23NOS/c1-9-8-17-12(16-9)15-11-7-10-5-6-14(11,4)13(10,2)3/h9-11H,5-8H2,1-4H3. The summed E-state index contributed by atoms with van der Waals surface area (Å²) in [7, 11) is 0. The number of rotatable bonds is 1. The molecule has 3 heteroatoms. The third-order valence-corrected chi connectivity index (χ3v) is 6.84. The van der Waals surface area contributed by atoms with E-state index >= 15 is 0 Å². The van der Waals surface area contributed by atoms with Gasteiger partial charge in [-0.05, 0) is 42.9 Å². The zero-order valence-electron chi connectivity index (χ0n) is 11.3. The molecule has 1 heterocycles. The number of fused-ring (bicyclic) bond motifs is 2. The summed E-state index contributed by atoms with van der Waals surface area (Å²) in [5.41, 5.74) is 0.844. The van der Waals surface area contributed by atoms with E-state index in [4.69, 9.17) is 9.73 Å². The van der Waals surface area contributed by atoms with Crippen LogP contribution in [0.15, 0.2) is 4.99 Å². The van der Waals surface area contributed by atoms with E-state index in [1.165, 1.54) is 19.3 Å². The molecule has 3 rings (SSSR count). The van der Waals surface area contributed by atoms with Crippen molar-refractivity contribution in [2.45, 2.75) is 59.1 Å². The third-order valence-electron chi connectivity index (χ3n) is 5.75. The molecule has 4 unspecified atom stereocenters. The summed E-state index contributed by atoms with van der Waals surface area (Å²) in [4.78, 5) is 4.93. The van der Waals surface area contributed by atoms with Crippen molar-refractivity contribution in [2.24, 2.45) is 21.7 Å². The first-order chi connectivity index (χ1) is 7.93. The van der Waals surface area contributed by atoms with E-state index in [-0.39, 0.29) is 0 Å². The molecule has 0 aromatic rings. The molecule has 0 aromatic heterocycles. The normalized spacial score (nSPS) is 49.9. The molecule has 2 bridgehead atoms. The van der Waals surface area contributed by atoms with Gasteiger partial charge in [0.25, 0.3) is 0 Å². The van der Waals surface area contributed by atoms with Gasteiger partial charge < -0.3 is 4.74 Å². The minimum Gasteiger partial charge on any atom is -0.469 e. The Bertz CT molecular complexity index is 365. The van der Waals surface area contributed by atoms with Gasteiger partial charge in [-0.2, -0.15) is 0 Å². The summed E-state index contributed by atoms with van der Waals surface area (Å²) < 4.78 is 5.76. The van der Waals surface area contributed by atoms with Crippen LogP contribution < -0.4 is 0 Å². The average molecular weight is 253 g/mol. The van der Waals surface area contributed by atoms with Crippen molar-refractivity contribution in [3.05, 3.63) is 0 Å². The van der Waals surface area contributed by atoms with Crippen LogP contribution in [0.5, 0.6) is 0 Å². The second-order valence-electron chi connectivity index (χ2n) is 6.76. The summed E-state index contributed by atoms with van der Waals surface area (Å²) in [5.74, 6) is 1.93. The van der Waals surface area contributed by atoms with E-state index in [2.05, 4.69) is 27.7 Å². The van der Waals surface area contributed by atoms with Crippen molar-refractivity contribution in [1.82, 2.24) is 0 Å². The fraction of sp³-hybridized carbons (Fsp3) is 0.929. The first-order valence-corrected chi connectivity index (χ1v) is 7.79. The monoisotopic (exact) mass is 253 g/mol. The van der Waals surface area contributed by atoms with Gasteiger partial charge in [0.2, 0.25) is 5.23 Å². The summed E-state index contributed by atoms with van der Waals surface area (Å²) in [6.07, 6.45) is 4.35. The molecule has 2 saturated carbocycles. The van der Waals surface area contributed by atoms with Crippen LogP contribution in [0.1, 0.15) is 47.0 Å². The smallest absolute Gasteiger partial charge is 0.246 e. The summed E-state index contributed by atoms with van der Waals surface area (Å²) in [6.45, 7) is 9.45. The zero-order chi connectivity index (χ0) is 12.3. The molecule has 0 spiro atoms. The van der Waals surface area contributed by atoms with Crippen molar-refractivity contribution in [3.8, 4) is 0 Å². The molecule has 2 nitrogen and oxygen atoms in total. The van der Waals surface area contributed by atoms with Crippen LogP contribution >= 0.6 is 11.8 Å². The molecule has 3 fully saturated rings. The molecule has 3 aliphatic rings. The fourth-order valence-corrected chi connectivity index (χ4v) is 4.86. The second-order valence-corrected chi connectivity index (χ2v) is 7.73. The highest BCUT2D eigenvalue weighted by Gasteiger charge is 2.61. The summed E-state index contributed by atoms with van der Waals surface area (Å²) in [5, 5.41) is 0.951. The zero-order valence-corrected chi connectivity index (χ0v) is 12.1. The number of hydrogen-bond acceptors (Lipinski definition) is 3. The minimum absolute atomic E-state index is 0.346. The predicted molar refractivity (Wildman–Crippen MR) is 73.5 cm³/mol. The Balaban J connectivity index is 1.83. The van der Waals surface area contributed by atoms with Crippen LogP contribution in [-0.2, 0) is 4.74 Å². The van der Waals surface area contributed by atoms with Crippen LogP contribution in [0.3, 0.4) is 0 Å². The van der Waals surface area contributed by atoms with Crippen LogP contribution in [0.4, 0.5) is 0 Å². The van der Waals surface area contributed by atoms with Gasteiger partial charge >= 0.3 is 0 Å². The molecule has 4 atom stereocenters.